The zero-order valence-electron chi connectivity index (χ0n) is 30.2. The Labute approximate surface area is 258 Å². The van der Waals surface area contributed by atoms with Crippen LogP contribution in [0.4, 0.5) is 0 Å². The van der Waals surface area contributed by atoms with E-state index in [0.29, 0.717) is 0 Å². The first-order valence-corrected chi connectivity index (χ1v) is 16.5. The van der Waals surface area contributed by atoms with Crippen molar-refractivity contribution in [3.8, 4) is 0 Å². The Morgan fingerprint density at radius 3 is 0.923 bits per heavy atom. The van der Waals surface area contributed by atoms with Crippen molar-refractivity contribution in [3.63, 3.8) is 0 Å². The van der Waals surface area contributed by atoms with Crippen LogP contribution in [0.5, 0.6) is 0 Å². The largest absolute Gasteiger partial charge is 0.103 e. The summed E-state index contributed by atoms with van der Waals surface area (Å²) in [6.07, 6.45) is 25.7. The van der Waals surface area contributed by atoms with E-state index in [-0.39, 0.29) is 14.9 Å². The highest BCUT2D eigenvalue weighted by atomic mass is 14.0. The first kappa shape index (κ1) is 66.5. The van der Waals surface area contributed by atoms with E-state index in [1.807, 2.05) is 13.0 Å². The predicted molar refractivity (Wildman–Crippen MR) is 201 cm³/mol. The van der Waals surface area contributed by atoms with Gasteiger partial charge in [0.25, 0.3) is 0 Å². The van der Waals surface area contributed by atoms with Gasteiger partial charge in [-0.2, -0.15) is 0 Å². The molecule has 0 saturated carbocycles. The van der Waals surface area contributed by atoms with E-state index in [1.165, 1.54) is 64.2 Å². The maximum Gasteiger partial charge on any atom is -0.0265 e. The van der Waals surface area contributed by atoms with Gasteiger partial charge in [-0.3, -0.25) is 0 Å². The van der Waals surface area contributed by atoms with Crippen LogP contribution >= 0.6 is 0 Å². The van der Waals surface area contributed by atoms with E-state index < -0.39 is 0 Å². The molecule has 0 aliphatic rings. The third-order valence-corrected chi connectivity index (χ3v) is 4.40. The molecule has 0 aliphatic heterocycles. The molecule has 0 fully saturated rings. The Morgan fingerprint density at radius 1 is 0.538 bits per heavy atom. The molecule has 39 heavy (non-hydrogen) atoms. The standard InChI is InChI=1S/C7H16.C7H14.C5H10.2C4H10.C4H8.2C3H8.2CH4/c2*1-4-6-7(3)5-2;1-3-5-4-2;3*1-3-4-2;2*1-3-2;;/h7H,4-6H2,1-3H3;4,6-7H,5H2,1-3H3;3,5H,4H2,1-2H3;2*3-4H2,1-2H3;3H,1,4H2,2H3;2*3H2,1-2H3;2*1H4/b;6-4-;;;;;;;;. The Kier molecular flexibility index (Phi) is 169. The third-order valence-electron chi connectivity index (χ3n) is 4.40. The minimum atomic E-state index is 0. The number of unbranched alkanes of at least 4 members (excludes halogenated alkanes) is 2. The Balaban J connectivity index is -0.0000000312. The second kappa shape index (κ2) is 98.9. The number of hydrogen-bond acceptors (Lipinski definition) is 0. The van der Waals surface area contributed by atoms with Gasteiger partial charge in [-0.15, -0.1) is 6.58 Å². The third kappa shape index (κ3) is 228. The van der Waals surface area contributed by atoms with E-state index in [2.05, 4.69) is 142 Å². The van der Waals surface area contributed by atoms with Gasteiger partial charge in [-0.05, 0) is 38.5 Å². The van der Waals surface area contributed by atoms with Crippen LogP contribution in [0.3, 0.4) is 0 Å². The summed E-state index contributed by atoms with van der Waals surface area (Å²) in [5.41, 5.74) is 0. The molecule has 0 radical (unpaired) electrons. The van der Waals surface area contributed by atoms with Gasteiger partial charge in [0.1, 0.15) is 0 Å². The van der Waals surface area contributed by atoms with Gasteiger partial charge in [0, 0.05) is 0 Å². The SMILES string of the molecule is C.C.C/C=C\C(C)CC.C=CCC.CC=CCC.CCC.CCC.CCCC.CCCC.CCCC(C)CC. The molecule has 0 saturated heterocycles. The number of allylic oxidation sites excluding steroid dienone is 5. The molecule has 248 valence electrons. The first-order valence-electron chi connectivity index (χ1n) is 16.5. The molecule has 0 bridgehead atoms. The fraction of sp³-hybridized carbons (Fsp3) is 0.846. The van der Waals surface area contributed by atoms with E-state index in [4.69, 9.17) is 0 Å². The first-order chi connectivity index (χ1) is 17.6. The monoisotopic (exact) mass is 561 g/mol. The normalized spacial score (nSPS) is 9.67. The molecule has 0 rings (SSSR count). The van der Waals surface area contributed by atoms with Crippen LogP contribution in [0.1, 0.15) is 210 Å². The molecule has 2 unspecified atom stereocenters. The predicted octanol–water partition coefficient (Wildman–Crippen LogP) is 16.7. The number of rotatable bonds is 9. The van der Waals surface area contributed by atoms with Crippen molar-refractivity contribution in [1.82, 2.24) is 0 Å². The van der Waals surface area contributed by atoms with Gasteiger partial charge >= 0.3 is 0 Å². The van der Waals surface area contributed by atoms with Crippen molar-refractivity contribution < 1.29 is 0 Å². The Hall–Kier alpha value is -0.780. The molecular formula is C39H92. The molecule has 0 spiro atoms. The molecular weight excluding hydrogens is 468 g/mol. The summed E-state index contributed by atoms with van der Waals surface area (Å²) in [5.74, 6) is 1.72. The van der Waals surface area contributed by atoms with Gasteiger partial charge < -0.3 is 0 Å². The summed E-state index contributed by atoms with van der Waals surface area (Å²) < 4.78 is 0. The lowest BCUT2D eigenvalue weighted by Crippen LogP contribution is -1.88. The summed E-state index contributed by atoms with van der Waals surface area (Å²) in [6, 6.07) is 0. The maximum absolute atomic E-state index is 3.48. The zero-order valence-corrected chi connectivity index (χ0v) is 30.2. The minimum Gasteiger partial charge on any atom is -0.103 e. The fourth-order valence-corrected chi connectivity index (χ4v) is 1.40. The average molecular weight is 561 g/mol. The van der Waals surface area contributed by atoms with Crippen LogP contribution in [0.25, 0.3) is 0 Å². The molecule has 0 nitrogen and oxygen atoms in total. The highest BCUT2D eigenvalue weighted by Gasteiger charge is 1.92. The second-order valence-electron chi connectivity index (χ2n) is 9.30. The summed E-state index contributed by atoms with van der Waals surface area (Å²) in [5, 5.41) is 0. The van der Waals surface area contributed by atoms with Gasteiger partial charge in [-0.25, -0.2) is 0 Å². The van der Waals surface area contributed by atoms with Crippen molar-refractivity contribution in [1.29, 1.82) is 0 Å². The van der Waals surface area contributed by atoms with E-state index in [1.54, 1.807) is 0 Å². The lowest BCUT2D eigenvalue weighted by Gasteiger charge is -2.02. The van der Waals surface area contributed by atoms with Crippen molar-refractivity contribution in [3.05, 3.63) is 37.0 Å². The van der Waals surface area contributed by atoms with Gasteiger partial charge in [0.15, 0.2) is 0 Å². The second-order valence-corrected chi connectivity index (χ2v) is 9.30. The maximum atomic E-state index is 3.48. The van der Waals surface area contributed by atoms with Crippen LogP contribution in [0.2, 0.25) is 0 Å². The van der Waals surface area contributed by atoms with Crippen LogP contribution in [0, 0.1) is 11.8 Å². The lowest BCUT2D eigenvalue weighted by molar-refractivity contribution is 0.509. The molecule has 0 heteroatoms. The molecule has 0 heterocycles. The van der Waals surface area contributed by atoms with Crippen LogP contribution in [0.15, 0.2) is 37.0 Å². The van der Waals surface area contributed by atoms with Gasteiger partial charge in [-0.1, -0.05) is 213 Å². The molecule has 0 aliphatic carbocycles. The van der Waals surface area contributed by atoms with E-state index in [0.717, 1.165) is 24.7 Å². The van der Waals surface area contributed by atoms with Crippen molar-refractivity contribution in [2.75, 3.05) is 0 Å². The topological polar surface area (TPSA) is 0 Å². The minimum absolute atomic E-state index is 0. The molecule has 0 N–H and O–H groups in total. The summed E-state index contributed by atoms with van der Waals surface area (Å²) in [6.45, 7) is 40.2. The smallest absolute Gasteiger partial charge is 0.0265 e. The molecule has 2 atom stereocenters. The zero-order chi connectivity index (χ0) is 31.2. The van der Waals surface area contributed by atoms with Crippen molar-refractivity contribution in [2.24, 2.45) is 11.8 Å². The van der Waals surface area contributed by atoms with Crippen molar-refractivity contribution >= 4 is 0 Å². The van der Waals surface area contributed by atoms with E-state index in [9.17, 15) is 0 Å². The lowest BCUT2D eigenvalue weighted by atomic mass is 10.0. The number of hydrogen-bond donors (Lipinski definition) is 0. The van der Waals surface area contributed by atoms with Crippen LogP contribution in [-0.2, 0) is 0 Å². The van der Waals surface area contributed by atoms with E-state index >= 15 is 0 Å². The van der Waals surface area contributed by atoms with Crippen LogP contribution in [-0.4, -0.2) is 0 Å². The summed E-state index contributed by atoms with van der Waals surface area (Å²) in [4.78, 5) is 0. The molecule has 0 aromatic rings. The summed E-state index contributed by atoms with van der Waals surface area (Å²) >= 11 is 0. The van der Waals surface area contributed by atoms with Gasteiger partial charge in [0.05, 0.1) is 0 Å². The van der Waals surface area contributed by atoms with Crippen LogP contribution < -0.4 is 0 Å². The highest BCUT2D eigenvalue weighted by Crippen LogP contribution is 2.07. The molecule has 0 aromatic heterocycles. The highest BCUT2D eigenvalue weighted by molar-refractivity contribution is 4.81. The van der Waals surface area contributed by atoms with Gasteiger partial charge in [0.2, 0.25) is 0 Å². The fourth-order valence-electron chi connectivity index (χ4n) is 1.40. The summed E-state index contributed by atoms with van der Waals surface area (Å²) in [7, 11) is 0. The molecule has 0 aromatic carbocycles. The average Bonchev–Trinajstić information content (AvgIpc) is 2.91. The quantitative estimate of drug-likeness (QED) is 0.246. The Morgan fingerprint density at radius 2 is 0.872 bits per heavy atom. The molecule has 0 amide bonds. The van der Waals surface area contributed by atoms with Crippen molar-refractivity contribution in [2.45, 2.75) is 210 Å². The Bertz CT molecular complexity index is 287.